The average Bonchev–Trinajstić information content (AvgIpc) is 1.53. The van der Waals surface area contributed by atoms with Crippen molar-refractivity contribution in [3.8, 4) is 159 Å². The summed E-state index contributed by atoms with van der Waals surface area (Å²) >= 11 is 10.7. The smallest absolute Gasteiger partial charge is 0.399 e. The number of nitrogen functional groups attached to an aromatic ring is 1. The highest BCUT2D eigenvalue weighted by molar-refractivity contribution is 9.11. The van der Waals surface area contributed by atoms with Gasteiger partial charge >= 0.3 is 7.12 Å². The maximum Gasteiger partial charge on any atom is 0.495 e. The van der Waals surface area contributed by atoms with Gasteiger partial charge in [0.25, 0.3) is 5.69 Å². The molecule has 0 spiro atoms. The van der Waals surface area contributed by atoms with Gasteiger partial charge < -0.3 is 15.0 Å². The van der Waals surface area contributed by atoms with E-state index >= 15 is 0 Å². The van der Waals surface area contributed by atoms with Crippen LogP contribution in [0.25, 0.3) is 213 Å². The number of nitrogens with two attached hydrogens (primary N) is 1. The zero-order valence-corrected chi connectivity index (χ0v) is 86.5. The van der Waals surface area contributed by atoms with Gasteiger partial charge in [0.15, 0.2) is 69.9 Å². The van der Waals surface area contributed by atoms with E-state index < -0.39 is 18.3 Å². The van der Waals surface area contributed by atoms with Crippen molar-refractivity contribution in [2.24, 2.45) is 0 Å². The van der Waals surface area contributed by atoms with Crippen LogP contribution in [0.5, 0.6) is 0 Å². The van der Waals surface area contributed by atoms with Gasteiger partial charge in [-0.15, -0.1) is 0 Å². The minimum absolute atomic E-state index is 0.0679. The number of rotatable bonds is 16. The summed E-state index contributed by atoms with van der Waals surface area (Å²) in [5.74, 6) is 7.55. The normalized spacial score (nSPS) is 12.2. The summed E-state index contributed by atoms with van der Waals surface area (Å²) in [5.41, 5.74) is 22.0. The van der Waals surface area contributed by atoms with E-state index in [0.29, 0.717) is 75.5 Å². The van der Waals surface area contributed by atoms with Crippen molar-refractivity contribution < 1.29 is 14.2 Å². The molecular formula is C128H92BBr3N14O4. The number of nitro groups is 1. The van der Waals surface area contributed by atoms with Gasteiger partial charge in [0, 0.05) is 97.5 Å². The average molecular weight is 2140 g/mol. The molecule has 5 heterocycles. The predicted molar refractivity (Wildman–Crippen MR) is 619 cm³/mol. The largest absolute Gasteiger partial charge is 0.495 e. The van der Waals surface area contributed by atoms with Crippen molar-refractivity contribution in [2.45, 2.75) is 38.9 Å². The fourth-order valence-electron chi connectivity index (χ4n) is 18.2. The Hall–Kier alpha value is -17.6. The Morgan fingerprint density at radius 2 is 0.407 bits per heavy atom. The minimum Gasteiger partial charge on any atom is -0.399 e. The third-order valence-electron chi connectivity index (χ3n) is 26.4. The number of nitro benzene ring substituents is 1. The van der Waals surface area contributed by atoms with Crippen LogP contribution in [0.15, 0.2) is 487 Å². The van der Waals surface area contributed by atoms with Gasteiger partial charge in [-0.25, -0.2) is 59.8 Å². The van der Waals surface area contributed by atoms with Crippen LogP contribution >= 0.6 is 47.8 Å². The molecule has 0 bridgehead atoms. The molecule has 0 saturated carbocycles. The van der Waals surface area contributed by atoms with Crippen LogP contribution in [0.1, 0.15) is 27.7 Å². The quantitative estimate of drug-likeness (QED) is 0.0409. The molecule has 25 rings (SSSR count). The first-order chi connectivity index (χ1) is 73.4. The van der Waals surface area contributed by atoms with E-state index in [4.69, 9.17) is 74.9 Å². The summed E-state index contributed by atoms with van der Waals surface area (Å²) in [5, 5.41) is 22.5. The maximum absolute atomic E-state index is 11.7. The predicted octanol–water partition coefficient (Wildman–Crippen LogP) is 32.4. The number of para-hydroxylation sites is 2. The van der Waals surface area contributed by atoms with E-state index in [-0.39, 0.29) is 10.6 Å². The van der Waals surface area contributed by atoms with Crippen molar-refractivity contribution in [3.05, 3.63) is 497 Å². The summed E-state index contributed by atoms with van der Waals surface area (Å²) < 4.78 is 16.1. The third-order valence-corrected chi connectivity index (χ3v) is 28.5. The monoisotopic (exact) mass is 2140 g/mol. The van der Waals surface area contributed by atoms with Crippen molar-refractivity contribution in [2.75, 3.05) is 5.73 Å². The molecule has 1 saturated heterocycles. The number of anilines is 1. The first-order valence-electron chi connectivity index (χ1n) is 48.9. The molecule has 0 amide bonds. The standard InChI is InChI=1S/C31H28BN3O2.C31H20N4O2.C31H22N4.C25H16BrN3.C10H6Br2/c1-30(2)31(3,4)37-32(36-30)26-20-19-25(23-17-11-12-18-24(23)26)29-34-27(21-13-7-5-8-14-21)33-28(35-29)22-15-9-6-10-16-22;36-35(37)28-18-10-9-17-26(28)25-19-20-27(24-16-8-7-15-23(24)25)31-33-29(21-11-3-1-4-12-21)32-30(34-31)22-13-5-2-6-14-22;32-28-18-10-9-17-26(28)25-19-20-27(24-16-8-7-15-23(24)25)31-34-29(21-11-3-1-4-12-21)33-30(35-31)22-13-5-2-6-14-22;26-22-16-15-21(19-13-7-8-14-20(19)22)25-28-23(17-9-3-1-4-10-17)27-24(29-25)18-11-5-2-6-12-18;11-9-5-6-10(12)8-4-2-1-3-7(8)9/h5-20H,1-4H3;1-20H;1-20H,32H2;1-16H;1-6H. The molecule has 1 aliphatic heterocycles. The topological polar surface area (TPSA) is 242 Å². The molecule has 722 valence electrons. The Morgan fingerprint density at radius 3 is 0.700 bits per heavy atom. The molecule has 4 aromatic heterocycles. The fraction of sp³-hybridized carbons (Fsp3) is 0.0469. The van der Waals surface area contributed by atoms with Crippen LogP contribution in [-0.2, 0) is 9.31 Å². The van der Waals surface area contributed by atoms with Crippen LogP contribution in [0.2, 0.25) is 0 Å². The second-order valence-electron chi connectivity index (χ2n) is 36.5. The van der Waals surface area contributed by atoms with Gasteiger partial charge in [-0.3, -0.25) is 10.1 Å². The molecule has 1 fully saturated rings. The summed E-state index contributed by atoms with van der Waals surface area (Å²) in [6.07, 6.45) is 0. The first kappa shape index (κ1) is 98.4. The second kappa shape index (κ2) is 44.3. The van der Waals surface area contributed by atoms with Gasteiger partial charge in [-0.1, -0.05) is 466 Å². The summed E-state index contributed by atoms with van der Waals surface area (Å²) in [6.45, 7) is 8.30. The highest BCUT2D eigenvalue weighted by Gasteiger charge is 2.52. The molecule has 1 aliphatic rings. The van der Waals surface area contributed by atoms with Crippen LogP contribution in [0.4, 0.5) is 11.4 Å². The number of aromatic nitrogens is 12. The Balaban J connectivity index is 0.000000113. The van der Waals surface area contributed by atoms with Crippen molar-refractivity contribution >= 4 is 126 Å². The van der Waals surface area contributed by atoms with Crippen LogP contribution in [-0.4, -0.2) is 83.1 Å². The molecule has 0 unspecified atom stereocenters. The van der Waals surface area contributed by atoms with Gasteiger partial charge in [0.1, 0.15) is 0 Å². The van der Waals surface area contributed by atoms with E-state index in [2.05, 4.69) is 160 Å². The van der Waals surface area contributed by atoms with E-state index in [1.54, 1.807) is 12.1 Å². The highest BCUT2D eigenvalue weighted by Crippen LogP contribution is 2.45. The molecule has 0 aliphatic carbocycles. The Kier molecular flexibility index (Phi) is 29.1. The molecular weight excluding hydrogens is 2050 g/mol. The number of hydrogen-bond acceptors (Lipinski definition) is 17. The molecule has 2 N–H and O–H groups in total. The zero-order valence-electron chi connectivity index (χ0n) is 81.8. The molecule has 24 aromatic rings. The van der Waals surface area contributed by atoms with Crippen LogP contribution < -0.4 is 11.2 Å². The molecule has 150 heavy (non-hydrogen) atoms. The van der Waals surface area contributed by atoms with Crippen molar-refractivity contribution in [3.63, 3.8) is 0 Å². The number of hydrogen-bond donors (Lipinski definition) is 1. The second-order valence-corrected chi connectivity index (χ2v) is 39.0. The lowest BCUT2D eigenvalue weighted by atomic mass is 9.75. The third kappa shape index (κ3) is 21.4. The molecule has 22 heteroatoms. The summed E-state index contributed by atoms with van der Waals surface area (Å²) in [7, 11) is -0.456. The SMILES string of the molecule is Brc1ccc(-c2nc(-c3ccccc3)nc(-c3ccccc3)n2)c2ccccc12.Brc1ccc(Br)c2ccccc12.CC1(C)OB(c2ccc(-c3nc(-c4ccccc4)nc(-c4ccccc4)n3)c3ccccc23)OC1(C)C.Nc1ccccc1-c1ccc(-c2nc(-c3ccccc3)nc(-c3ccccc3)n2)c2ccccc12.O=[N+]([O-])c1ccccc1-c1ccc(-c2nc(-c3ccccc3)nc(-c3ccccc3)n2)c2ccccc12. The number of halogens is 3. The summed E-state index contributed by atoms with van der Waals surface area (Å²) in [6, 6.07) is 156. The van der Waals surface area contributed by atoms with Gasteiger partial charge in [0.2, 0.25) is 0 Å². The van der Waals surface area contributed by atoms with E-state index in [9.17, 15) is 10.1 Å². The maximum atomic E-state index is 11.7. The first-order valence-corrected chi connectivity index (χ1v) is 51.2. The zero-order chi connectivity index (χ0) is 103. The molecule has 0 radical (unpaired) electrons. The molecule has 20 aromatic carbocycles. The minimum atomic E-state index is -0.456. The highest BCUT2D eigenvalue weighted by atomic mass is 79.9. The van der Waals surface area contributed by atoms with E-state index in [0.717, 1.165) is 151 Å². The van der Waals surface area contributed by atoms with Gasteiger partial charge in [0.05, 0.1) is 21.7 Å². The molecule has 18 nitrogen and oxygen atoms in total. The van der Waals surface area contributed by atoms with Gasteiger partial charge in [-0.2, -0.15) is 0 Å². The fourth-order valence-corrected chi connectivity index (χ4v) is 19.6. The Labute approximate surface area is 892 Å². The Bertz CT molecular complexity index is 8780. The lowest BCUT2D eigenvalue weighted by Crippen LogP contribution is -2.41. The lowest BCUT2D eigenvalue weighted by molar-refractivity contribution is -0.384. The van der Waals surface area contributed by atoms with Crippen LogP contribution in [0, 0.1) is 10.1 Å². The number of fused-ring (bicyclic) bond motifs is 5. The van der Waals surface area contributed by atoms with Crippen LogP contribution in [0.3, 0.4) is 0 Å². The lowest BCUT2D eigenvalue weighted by Gasteiger charge is -2.32. The molecule has 0 atom stereocenters. The number of nitrogens with zero attached hydrogens (tertiary/aromatic N) is 13. The summed E-state index contributed by atoms with van der Waals surface area (Å²) in [4.78, 5) is 69.7. The van der Waals surface area contributed by atoms with Gasteiger partial charge in [-0.05, 0) is 147 Å². The van der Waals surface area contributed by atoms with E-state index in [1.165, 1.54) is 16.8 Å². The van der Waals surface area contributed by atoms with Crippen molar-refractivity contribution in [1.29, 1.82) is 0 Å². The van der Waals surface area contributed by atoms with E-state index in [1.807, 2.05) is 370 Å². The number of benzene rings is 20. The Morgan fingerprint density at radius 1 is 0.213 bits per heavy atom. The van der Waals surface area contributed by atoms with Crippen molar-refractivity contribution in [1.82, 2.24) is 59.8 Å².